The van der Waals surface area contributed by atoms with Crippen LogP contribution in [-0.2, 0) is 4.79 Å². The molecule has 7 heteroatoms. The summed E-state index contributed by atoms with van der Waals surface area (Å²) >= 11 is 0. The summed E-state index contributed by atoms with van der Waals surface area (Å²) in [6.45, 7) is 5.22. The zero-order chi connectivity index (χ0) is 14.4. The summed E-state index contributed by atoms with van der Waals surface area (Å²) in [6.07, 6.45) is 0.664. The van der Waals surface area contributed by atoms with Gasteiger partial charge in [0, 0.05) is 18.7 Å². The van der Waals surface area contributed by atoms with Gasteiger partial charge in [0.15, 0.2) is 6.10 Å². The van der Waals surface area contributed by atoms with Crippen LogP contribution in [0.2, 0.25) is 0 Å². The highest BCUT2D eigenvalue weighted by molar-refractivity contribution is 5.80. The van der Waals surface area contributed by atoms with Crippen molar-refractivity contribution in [1.82, 2.24) is 5.32 Å². The van der Waals surface area contributed by atoms with Crippen molar-refractivity contribution < 1.29 is 18.8 Å². The van der Waals surface area contributed by atoms with Crippen LogP contribution >= 0.6 is 0 Å². The number of halogens is 1. The van der Waals surface area contributed by atoms with Gasteiger partial charge in [0.1, 0.15) is 5.75 Å². The quantitative estimate of drug-likeness (QED) is 0.484. The van der Waals surface area contributed by atoms with Gasteiger partial charge in [0.2, 0.25) is 5.82 Å². The molecule has 19 heavy (non-hydrogen) atoms. The van der Waals surface area contributed by atoms with Crippen molar-refractivity contribution in [1.29, 1.82) is 0 Å². The summed E-state index contributed by atoms with van der Waals surface area (Å²) in [7, 11) is 0. The molecule has 0 aliphatic carbocycles. The molecule has 0 radical (unpaired) electrons. The zero-order valence-corrected chi connectivity index (χ0v) is 10.3. The van der Waals surface area contributed by atoms with Crippen molar-refractivity contribution in [3.05, 3.63) is 46.8 Å². The van der Waals surface area contributed by atoms with Crippen LogP contribution in [0.15, 0.2) is 30.9 Å². The summed E-state index contributed by atoms with van der Waals surface area (Å²) in [5, 5.41) is 12.9. The Balaban J connectivity index is 2.72. The van der Waals surface area contributed by atoms with E-state index in [1.807, 2.05) is 0 Å². The van der Waals surface area contributed by atoms with Gasteiger partial charge in [-0.05, 0) is 13.0 Å². The van der Waals surface area contributed by atoms with E-state index >= 15 is 0 Å². The Labute approximate surface area is 109 Å². The van der Waals surface area contributed by atoms with Crippen molar-refractivity contribution in [2.75, 3.05) is 6.54 Å². The summed E-state index contributed by atoms with van der Waals surface area (Å²) in [4.78, 5) is 21.1. The van der Waals surface area contributed by atoms with Gasteiger partial charge < -0.3 is 10.1 Å². The fraction of sp³-hybridized carbons (Fsp3) is 0.250. The van der Waals surface area contributed by atoms with E-state index in [9.17, 15) is 19.3 Å². The molecule has 1 amide bonds. The summed E-state index contributed by atoms with van der Waals surface area (Å²) in [5.41, 5.74) is -0.642. The second-order valence-electron chi connectivity index (χ2n) is 3.66. The number of ether oxygens (including phenoxy) is 1. The minimum Gasteiger partial charge on any atom is -0.481 e. The molecule has 1 atom stereocenters. The topological polar surface area (TPSA) is 81.5 Å². The van der Waals surface area contributed by atoms with E-state index in [2.05, 4.69) is 11.9 Å². The number of benzene rings is 1. The minimum absolute atomic E-state index is 0.0457. The lowest BCUT2D eigenvalue weighted by atomic mass is 10.3. The van der Waals surface area contributed by atoms with Crippen molar-refractivity contribution >= 4 is 11.6 Å². The number of nitrogens with zero attached hydrogens (tertiary/aromatic N) is 1. The van der Waals surface area contributed by atoms with Gasteiger partial charge in [-0.25, -0.2) is 0 Å². The first-order valence-electron chi connectivity index (χ1n) is 5.45. The minimum atomic E-state index is -1.01. The molecule has 6 nitrogen and oxygen atoms in total. The molecular formula is C12H13FN2O4. The number of nitrogens with one attached hydrogen (secondary N) is 1. The molecule has 1 unspecified atom stereocenters. The SMILES string of the molecule is C=CCNC(=O)C(C)Oc1ccc([N+](=O)[O-])c(F)c1. The van der Waals surface area contributed by atoms with Crippen LogP contribution in [-0.4, -0.2) is 23.5 Å². The van der Waals surface area contributed by atoms with Crippen LogP contribution < -0.4 is 10.1 Å². The second-order valence-corrected chi connectivity index (χ2v) is 3.66. The molecule has 1 aromatic rings. The monoisotopic (exact) mass is 268 g/mol. The predicted octanol–water partition coefficient (Wildman–Crippen LogP) is 1.80. The van der Waals surface area contributed by atoms with Crippen molar-refractivity contribution in [2.24, 2.45) is 0 Å². The van der Waals surface area contributed by atoms with E-state index < -0.39 is 28.4 Å². The smallest absolute Gasteiger partial charge is 0.305 e. The first kappa shape index (κ1) is 14.6. The fourth-order valence-electron chi connectivity index (χ4n) is 1.28. The van der Waals surface area contributed by atoms with Crippen LogP contribution in [0.3, 0.4) is 0 Å². The molecule has 0 aliphatic heterocycles. The van der Waals surface area contributed by atoms with Crippen molar-refractivity contribution in [3.63, 3.8) is 0 Å². The van der Waals surface area contributed by atoms with Crippen molar-refractivity contribution in [3.8, 4) is 5.75 Å². The van der Waals surface area contributed by atoms with Crippen LogP contribution in [0, 0.1) is 15.9 Å². The van der Waals surface area contributed by atoms with Crippen LogP contribution in [0.1, 0.15) is 6.92 Å². The molecule has 1 aromatic carbocycles. The molecular weight excluding hydrogens is 255 g/mol. The maximum absolute atomic E-state index is 13.3. The Bertz CT molecular complexity index is 505. The lowest BCUT2D eigenvalue weighted by Crippen LogP contribution is -2.36. The van der Waals surface area contributed by atoms with Crippen LogP contribution in [0.25, 0.3) is 0 Å². The lowest BCUT2D eigenvalue weighted by Gasteiger charge is -2.13. The van der Waals surface area contributed by atoms with Gasteiger partial charge in [0.05, 0.1) is 4.92 Å². The van der Waals surface area contributed by atoms with Gasteiger partial charge in [-0.1, -0.05) is 6.08 Å². The number of hydrogen-bond acceptors (Lipinski definition) is 4. The van der Waals surface area contributed by atoms with Gasteiger partial charge >= 0.3 is 5.69 Å². The first-order valence-corrected chi connectivity index (χ1v) is 5.45. The Kier molecular flexibility index (Phi) is 4.99. The van der Waals surface area contributed by atoms with Gasteiger partial charge in [-0.3, -0.25) is 14.9 Å². The third-order valence-electron chi connectivity index (χ3n) is 2.22. The molecule has 0 aliphatic rings. The molecule has 0 spiro atoms. The third-order valence-corrected chi connectivity index (χ3v) is 2.22. The van der Waals surface area contributed by atoms with Crippen LogP contribution in [0.5, 0.6) is 5.75 Å². The predicted molar refractivity (Wildman–Crippen MR) is 66.4 cm³/mol. The molecule has 102 valence electrons. The Morgan fingerprint density at radius 2 is 2.37 bits per heavy atom. The number of carbonyl (C=O) groups excluding carboxylic acids is 1. The van der Waals surface area contributed by atoms with Gasteiger partial charge in [-0.2, -0.15) is 4.39 Å². The Morgan fingerprint density at radius 3 is 2.89 bits per heavy atom. The second kappa shape index (κ2) is 6.48. The molecule has 0 fully saturated rings. The summed E-state index contributed by atoms with van der Waals surface area (Å²) in [6, 6.07) is 3.09. The highest BCUT2D eigenvalue weighted by Gasteiger charge is 2.17. The number of carbonyl (C=O) groups is 1. The first-order chi connectivity index (χ1) is 8.95. The number of hydrogen-bond donors (Lipinski definition) is 1. The molecule has 0 bridgehead atoms. The van der Waals surface area contributed by atoms with Crippen LogP contribution in [0.4, 0.5) is 10.1 Å². The van der Waals surface area contributed by atoms with E-state index in [1.54, 1.807) is 0 Å². The van der Waals surface area contributed by atoms with E-state index in [1.165, 1.54) is 19.1 Å². The maximum atomic E-state index is 13.3. The lowest BCUT2D eigenvalue weighted by molar-refractivity contribution is -0.387. The molecule has 0 saturated heterocycles. The van der Waals surface area contributed by atoms with Crippen molar-refractivity contribution in [2.45, 2.75) is 13.0 Å². The molecule has 0 heterocycles. The highest BCUT2D eigenvalue weighted by Crippen LogP contribution is 2.22. The number of rotatable bonds is 6. The Hall–Kier alpha value is -2.44. The zero-order valence-electron chi connectivity index (χ0n) is 10.3. The molecule has 1 N–H and O–H groups in total. The number of nitro groups is 1. The molecule has 0 saturated carbocycles. The standard InChI is InChI=1S/C12H13FN2O4/c1-3-6-14-12(16)8(2)19-9-4-5-11(15(17)18)10(13)7-9/h3-5,7-8H,1,6H2,2H3,(H,14,16). The average Bonchev–Trinajstić information content (AvgIpc) is 2.35. The Morgan fingerprint density at radius 1 is 1.68 bits per heavy atom. The van der Waals surface area contributed by atoms with E-state index in [4.69, 9.17) is 4.74 Å². The number of amides is 1. The van der Waals surface area contributed by atoms with E-state index in [0.717, 1.165) is 12.1 Å². The van der Waals surface area contributed by atoms with Gasteiger partial charge in [-0.15, -0.1) is 6.58 Å². The summed E-state index contributed by atoms with van der Waals surface area (Å²) < 4.78 is 18.5. The molecule has 0 aromatic heterocycles. The van der Waals surface area contributed by atoms with Gasteiger partial charge in [0.25, 0.3) is 5.91 Å². The normalized spacial score (nSPS) is 11.5. The summed E-state index contributed by atoms with van der Waals surface area (Å²) in [5.74, 6) is -1.36. The van der Waals surface area contributed by atoms with E-state index in [0.29, 0.717) is 6.54 Å². The highest BCUT2D eigenvalue weighted by atomic mass is 19.1. The average molecular weight is 268 g/mol. The maximum Gasteiger partial charge on any atom is 0.305 e. The molecule has 1 rings (SSSR count). The third kappa shape index (κ3) is 4.06. The number of nitro benzene ring substituents is 1. The van der Waals surface area contributed by atoms with E-state index in [-0.39, 0.29) is 5.75 Å². The fourth-order valence-corrected chi connectivity index (χ4v) is 1.28. The largest absolute Gasteiger partial charge is 0.481 e.